The number of hydrogen-bond acceptors (Lipinski definition) is 3. The summed E-state index contributed by atoms with van der Waals surface area (Å²) < 4.78 is 0. The predicted octanol–water partition coefficient (Wildman–Crippen LogP) is 5.29. The molecule has 2 nitrogen and oxygen atoms in total. The van der Waals surface area contributed by atoms with Gasteiger partial charge in [0.1, 0.15) is 0 Å². The number of nitrogens with one attached hydrogen (secondary N) is 1. The van der Waals surface area contributed by atoms with Gasteiger partial charge in [0.2, 0.25) is 0 Å². The Bertz CT molecular complexity index is 599. The van der Waals surface area contributed by atoms with Crippen LogP contribution in [-0.2, 0) is 0 Å². The summed E-state index contributed by atoms with van der Waals surface area (Å²) in [5, 5.41) is 3.65. The fourth-order valence-electron chi connectivity index (χ4n) is 2.86. The number of para-hydroxylation sites is 1. The van der Waals surface area contributed by atoms with Crippen molar-refractivity contribution in [1.82, 2.24) is 4.98 Å². The van der Waals surface area contributed by atoms with Crippen LogP contribution in [0.25, 0.3) is 0 Å². The van der Waals surface area contributed by atoms with Crippen molar-refractivity contribution in [2.24, 2.45) is 0 Å². The van der Waals surface area contributed by atoms with E-state index >= 15 is 0 Å². The fraction of sp³-hybridized carbons (Fsp3) is 0.389. The quantitative estimate of drug-likeness (QED) is 0.759. The number of nitrogens with zero attached hydrogens (tertiary/aromatic N) is 1. The lowest BCUT2D eigenvalue weighted by Gasteiger charge is -2.21. The normalized spacial score (nSPS) is 12.2. The lowest BCUT2D eigenvalue weighted by Crippen LogP contribution is -2.12. The van der Waals surface area contributed by atoms with E-state index in [4.69, 9.17) is 0 Å². The van der Waals surface area contributed by atoms with E-state index in [1.165, 1.54) is 21.7 Å². The third-order valence-electron chi connectivity index (χ3n) is 3.58. The minimum atomic E-state index is 0.247. The highest BCUT2D eigenvalue weighted by atomic mass is 32.2. The maximum absolute atomic E-state index is 4.61. The van der Waals surface area contributed by atoms with Crippen molar-refractivity contribution >= 4 is 17.4 Å². The average Bonchev–Trinajstić information content (AvgIpc) is 2.40. The largest absolute Gasteiger partial charge is 0.378 e. The molecule has 0 radical (unpaired) electrons. The lowest BCUT2D eigenvalue weighted by atomic mass is 10.00. The van der Waals surface area contributed by atoms with Crippen LogP contribution in [0.3, 0.4) is 0 Å². The summed E-state index contributed by atoms with van der Waals surface area (Å²) in [5.41, 5.74) is 6.02. The van der Waals surface area contributed by atoms with Crippen molar-refractivity contribution in [2.75, 3.05) is 11.1 Å². The van der Waals surface area contributed by atoms with Crippen LogP contribution in [0.5, 0.6) is 0 Å². The van der Waals surface area contributed by atoms with E-state index in [2.05, 4.69) is 75.3 Å². The molecule has 21 heavy (non-hydrogen) atoms. The van der Waals surface area contributed by atoms with Gasteiger partial charge in [0.25, 0.3) is 0 Å². The van der Waals surface area contributed by atoms with Crippen molar-refractivity contribution in [3.8, 4) is 0 Å². The second-order valence-corrected chi connectivity index (χ2v) is 6.68. The van der Waals surface area contributed by atoms with Crippen molar-refractivity contribution < 1.29 is 0 Å². The van der Waals surface area contributed by atoms with Crippen LogP contribution < -0.4 is 5.32 Å². The maximum Gasteiger partial charge on any atom is 0.0506 e. The van der Waals surface area contributed by atoms with Gasteiger partial charge in [-0.2, -0.15) is 0 Å². The molecular weight excluding hydrogens is 276 g/mol. The Morgan fingerprint density at radius 2 is 1.90 bits per heavy atom. The number of aryl methyl sites for hydroxylation is 3. The number of benzene rings is 1. The number of pyridine rings is 1. The molecule has 1 aromatic carbocycles. The first-order valence-electron chi connectivity index (χ1n) is 7.46. The zero-order valence-electron chi connectivity index (χ0n) is 13.5. The molecule has 1 aromatic heterocycles. The minimum absolute atomic E-state index is 0.247. The van der Waals surface area contributed by atoms with Crippen molar-refractivity contribution in [3.63, 3.8) is 0 Å². The first-order chi connectivity index (χ1) is 10.0. The summed E-state index contributed by atoms with van der Waals surface area (Å²) in [5.74, 6) is 1.08. The van der Waals surface area contributed by atoms with Crippen molar-refractivity contribution in [3.05, 3.63) is 52.8 Å². The summed E-state index contributed by atoms with van der Waals surface area (Å²) in [7, 11) is 0. The van der Waals surface area contributed by atoms with Gasteiger partial charge in [-0.25, -0.2) is 0 Å². The van der Waals surface area contributed by atoms with Crippen LogP contribution >= 0.6 is 11.8 Å². The van der Waals surface area contributed by atoms with Gasteiger partial charge < -0.3 is 5.32 Å². The SMILES string of the molecule is CCSc1ccccc1NC(C)c1c(C)cc(C)nc1C. The zero-order valence-corrected chi connectivity index (χ0v) is 14.3. The standard InChI is InChI=1S/C18H24N2S/c1-6-21-17-10-8-7-9-16(17)20-15(5)18-12(2)11-13(3)19-14(18)4/h7-11,15,20H,6H2,1-5H3. The second-order valence-electron chi connectivity index (χ2n) is 5.37. The van der Waals surface area contributed by atoms with Crippen LogP contribution in [0.1, 0.15) is 42.4 Å². The van der Waals surface area contributed by atoms with Gasteiger partial charge in [-0.3, -0.25) is 4.98 Å². The van der Waals surface area contributed by atoms with Gasteiger partial charge in [-0.15, -0.1) is 11.8 Å². The van der Waals surface area contributed by atoms with Gasteiger partial charge in [-0.05, 0) is 62.8 Å². The molecule has 0 saturated carbocycles. The second kappa shape index (κ2) is 6.99. The Hall–Kier alpha value is -1.48. The van der Waals surface area contributed by atoms with Crippen LogP contribution in [0.2, 0.25) is 0 Å². The molecular formula is C18H24N2S. The molecule has 0 amide bonds. The molecule has 1 heterocycles. The van der Waals surface area contributed by atoms with E-state index in [9.17, 15) is 0 Å². The Balaban J connectivity index is 2.28. The number of hydrogen-bond donors (Lipinski definition) is 1. The number of rotatable bonds is 5. The summed E-state index contributed by atoms with van der Waals surface area (Å²) in [4.78, 5) is 5.92. The molecule has 0 aliphatic heterocycles. The maximum atomic E-state index is 4.61. The average molecular weight is 300 g/mol. The van der Waals surface area contributed by atoms with Crippen molar-refractivity contribution in [2.45, 2.75) is 45.6 Å². The number of aromatic nitrogens is 1. The molecule has 2 aromatic rings. The van der Waals surface area contributed by atoms with Gasteiger partial charge >= 0.3 is 0 Å². The van der Waals surface area contributed by atoms with E-state index in [-0.39, 0.29) is 6.04 Å². The molecule has 1 unspecified atom stereocenters. The Kier molecular flexibility index (Phi) is 5.29. The minimum Gasteiger partial charge on any atom is -0.378 e. The van der Waals surface area contributed by atoms with Crippen molar-refractivity contribution in [1.29, 1.82) is 0 Å². The number of anilines is 1. The van der Waals surface area contributed by atoms with Crippen LogP contribution in [0, 0.1) is 20.8 Å². The Morgan fingerprint density at radius 3 is 2.57 bits per heavy atom. The highest BCUT2D eigenvalue weighted by molar-refractivity contribution is 7.99. The van der Waals surface area contributed by atoms with E-state index in [0.717, 1.165) is 17.1 Å². The molecule has 0 saturated heterocycles. The van der Waals surface area contributed by atoms with Crippen LogP contribution in [-0.4, -0.2) is 10.7 Å². The smallest absolute Gasteiger partial charge is 0.0506 e. The predicted molar refractivity (Wildman–Crippen MR) is 93.3 cm³/mol. The highest BCUT2D eigenvalue weighted by Gasteiger charge is 2.14. The molecule has 0 aliphatic rings. The van der Waals surface area contributed by atoms with Gasteiger partial charge in [-0.1, -0.05) is 19.1 Å². The summed E-state index contributed by atoms with van der Waals surface area (Å²) in [6.07, 6.45) is 0. The van der Waals surface area contributed by atoms with E-state index in [1.807, 2.05) is 11.8 Å². The van der Waals surface area contributed by atoms with E-state index in [0.29, 0.717) is 0 Å². The molecule has 0 fully saturated rings. The highest BCUT2D eigenvalue weighted by Crippen LogP contribution is 2.31. The fourth-order valence-corrected chi connectivity index (χ4v) is 3.63. The topological polar surface area (TPSA) is 24.9 Å². The molecule has 2 rings (SSSR count). The molecule has 0 bridgehead atoms. The molecule has 0 spiro atoms. The monoisotopic (exact) mass is 300 g/mol. The summed E-state index contributed by atoms with van der Waals surface area (Å²) in [6.45, 7) is 10.7. The van der Waals surface area contributed by atoms with Crippen LogP contribution in [0.4, 0.5) is 5.69 Å². The van der Waals surface area contributed by atoms with E-state index < -0.39 is 0 Å². The first kappa shape index (κ1) is 15.9. The third kappa shape index (κ3) is 3.79. The Morgan fingerprint density at radius 1 is 1.19 bits per heavy atom. The van der Waals surface area contributed by atoms with Gasteiger partial charge in [0.05, 0.1) is 6.04 Å². The summed E-state index contributed by atoms with van der Waals surface area (Å²) in [6, 6.07) is 10.9. The molecule has 0 aliphatic carbocycles. The molecule has 1 N–H and O–H groups in total. The van der Waals surface area contributed by atoms with Crippen LogP contribution in [0.15, 0.2) is 35.2 Å². The number of thioether (sulfide) groups is 1. The summed E-state index contributed by atoms with van der Waals surface area (Å²) >= 11 is 1.87. The van der Waals surface area contributed by atoms with Gasteiger partial charge in [0, 0.05) is 22.0 Å². The molecule has 3 heteroatoms. The lowest BCUT2D eigenvalue weighted by molar-refractivity contribution is 0.839. The third-order valence-corrected chi connectivity index (χ3v) is 4.53. The van der Waals surface area contributed by atoms with E-state index in [1.54, 1.807) is 0 Å². The molecule has 112 valence electrons. The first-order valence-corrected chi connectivity index (χ1v) is 8.44. The van der Waals surface area contributed by atoms with Gasteiger partial charge in [0.15, 0.2) is 0 Å². The Labute approximate surface area is 132 Å². The zero-order chi connectivity index (χ0) is 15.4. The molecule has 1 atom stereocenters.